The topological polar surface area (TPSA) is 42.4 Å². The fourth-order valence-corrected chi connectivity index (χ4v) is 2.33. The van der Waals surface area contributed by atoms with Crippen molar-refractivity contribution in [3.05, 3.63) is 36.0 Å². The van der Waals surface area contributed by atoms with Crippen LogP contribution < -0.4 is 4.90 Å². The first-order valence-electron chi connectivity index (χ1n) is 6.86. The van der Waals surface area contributed by atoms with Crippen LogP contribution in [0.5, 0.6) is 0 Å². The molecule has 0 unspecified atom stereocenters. The van der Waals surface area contributed by atoms with Gasteiger partial charge in [-0.25, -0.2) is 4.98 Å². The lowest BCUT2D eigenvalue weighted by molar-refractivity contribution is -0.149. The van der Waals surface area contributed by atoms with Gasteiger partial charge < -0.3 is 9.64 Å². The number of carbonyl (C=O) groups excluding carboxylic acids is 1. The van der Waals surface area contributed by atoms with Crippen LogP contribution in [0, 0.1) is 0 Å². The highest BCUT2D eigenvalue weighted by Gasteiger charge is 2.22. The highest BCUT2D eigenvalue weighted by molar-refractivity contribution is 6.30. The van der Waals surface area contributed by atoms with E-state index in [1.165, 1.54) is 0 Å². The van der Waals surface area contributed by atoms with Gasteiger partial charge in [-0.3, -0.25) is 4.79 Å². The molecule has 0 bridgehead atoms. The first-order valence-corrected chi connectivity index (χ1v) is 7.23. The Hall–Kier alpha value is -1.55. The van der Waals surface area contributed by atoms with Crippen molar-refractivity contribution in [2.75, 3.05) is 18.0 Å². The Labute approximate surface area is 124 Å². The van der Waals surface area contributed by atoms with E-state index in [2.05, 4.69) is 16.5 Å². The Bertz CT molecular complexity index is 453. The second-order valence-electron chi connectivity index (χ2n) is 4.84. The second kappa shape index (κ2) is 7.29. The Morgan fingerprint density at radius 1 is 1.50 bits per heavy atom. The smallest absolute Gasteiger partial charge is 0.306 e. The number of nitrogens with zero attached hydrogens (tertiary/aromatic N) is 2. The summed E-state index contributed by atoms with van der Waals surface area (Å²) in [5, 5.41) is 0.639. The molecule has 1 aromatic rings. The Kier molecular flexibility index (Phi) is 5.41. The summed E-state index contributed by atoms with van der Waals surface area (Å²) < 4.78 is 5.44. The van der Waals surface area contributed by atoms with Gasteiger partial charge in [-0.15, -0.1) is 6.58 Å². The molecule has 4 nitrogen and oxygen atoms in total. The van der Waals surface area contributed by atoms with Crippen LogP contribution in [-0.4, -0.2) is 30.1 Å². The monoisotopic (exact) mass is 294 g/mol. The summed E-state index contributed by atoms with van der Waals surface area (Å²) in [4.78, 5) is 18.0. The quantitative estimate of drug-likeness (QED) is 0.618. The number of allylic oxidation sites excluding steroid dienone is 1. The van der Waals surface area contributed by atoms with E-state index in [4.69, 9.17) is 16.3 Å². The molecule has 0 spiro atoms. The summed E-state index contributed by atoms with van der Waals surface area (Å²) in [7, 11) is 0. The molecule has 1 fully saturated rings. The summed E-state index contributed by atoms with van der Waals surface area (Å²) in [6.45, 7) is 5.28. The molecule has 1 saturated heterocycles. The van der Waals surface area contributed by atoms with E-state index in [-0.39, 0.29) is 12.1 Å². The predicted octanol–water partition coefficient (Wildman–Crippen LogP) is 3.21. The number of hydrogen-bond donors (Lipinski definition) is 0. The number of esters is 1. The molecule has 0 N–H and O–H groups in total. The molecule has 108 valence electrons. The van der Waals surface area contributed by atoms with Crippen molar-refractivity contribution in [1.29, 1.82) is 0 Å². The zero-order valence-corrected chi connectivity index (χ0v) is 12.2. The Balaban J connectivity index is 1.78. The summed E-state index contributed by atoms with van der Waals surface area (Å²) >= 11 is 5.83. The van der Waals surface area contributed by atoms with Crippen molar-refractivity contribution in [3.63, 3.8) is 0 Å². The van der Waals surface area contributed by atoms with Crippen molar-refractivity contribution < 1.29 is 9.53 Å². The van der Waals surface area contributed by atoms with Crippen molar-refractivity contribution in [2.45, 2.75) is 31.8 Å². The highest BCUT2D eigenvalue weighted by atomic mass is 35.5. The normalized spacial score (nSPS) is 15.9. The molecule has 0 radical (unpaired) electrons. The van der Waals surface area contributed by atoms with Gasteiger partial charge in [0.05, 0.1) is 5.02 Å². The summed E-state index contributed by atoms with van der Waals surface area (Å²) in [5.74, 6) is 0.791. The highest BCUT2D eigenvalue weighted by Crippen LogP contribution is 2.21. The largest absolute Gasteiger partial charge is 0.462 e. The van der Waals surface area contributed by atoms with Gasteiger partial charge in [-0.05, 0) is 18.6 Å². The van der Waals surface area contributed by atoms with E-state index in [0.29, 0.717) is 17.9 Å². The van der Waals surface area contributed by atoms with Crippen LogP contribution >= 0.6 is 11.6 Å². The number of aromatic nitrogens is 1. The molecule has 0 atom stereocenters. The van der Waals surface area contributed by atoms with E-state index in [1.54, 1.807) is 12.3 Å². The first-order chi connectivity index (χ1) is 9.69. The van der Waals surface area contributed by atoms with Crippen LogP contribution in [0.15, 0.2) is 31.0 Å². The van der Waals surface area contributed by atoms with Gasteiger partial charge in [-0.2, -0.15) is 0 Å². The van der Waals surface area contributed by atoms with Gasteiger partial charge in [-0.1, -0.05) is 17.7 Å². The van der Waals surface area contributed by atoms with Crippen LogP contribution in [0.25, 0.3) is 0 Å². The maximum atomic E-state index is 11.5. The Morgan fingerprint density at radius 3 is 2.85 bits per heavy atom. The van der Waals surface area contributed by atoms with E-state index >= 15 is 0 Å². The number of ether oxygens (including phenoxy) is 1. The number of halogens is 1. The fraction of sp³-hybridized carbons (Fsp3) is 0.467. The van der Waals surface area contributed by atoms with E-state index in [9.17, 15) is 4.79 Å². The molecule has 1 aliphatic rings. The van der Waals surface area contributed by atoms with Crippen LogP contribution in [0.2, 0.25) is 5.02 Å². The molecule has 20 heavy (non-hydrogen) atoms. The lowest BCUT2D eigenvalue weighted by Gasteiger charge is -2.32. The lowest BCUT2D eigenvalue weighted by atomic mass is 10.1. The van der Waals surface area contributed by atoms with Gasteiger partial charge in [0.15, 0.2) is 0 Å². The number of carbonyl (C=O) groups is 1. The Morgan fingerprint density at radius 2 is 2.25 bits per heavy atom. The van der Waals surface area contributed by atoms with Crippen LogP contribution in [0.1, 0.15) is 25.7 Å². The molecular weight excluding hydrogens is 276 g/mol. The zero-order chi connectivity index (χ0) is 14.4. The average Bonchev–Trinajstić information content (AvgIpc) is 2.47. The van der Waals surface area contributed by atoms with Crippen molar-refractivity contribution in [2.24, 2.45) is 0 Å². The molecule has 0 aromatic carbocycles. The molecule has 2 rings (SSSR count). The zero-order valence-electron chi connectivity index (χ0n) is 11.4. The lowest BCUT2D eigenvalue weighted by Crippen LogP contribution is -2.38. The molecule has 1 aromatic heterocycles. The number of anilines is 1. The van der Waals surface area contributed by atoms with Crippen molar-refractivity contribution in [1.82, 2.24) is 4.98 Å². The predicted molar refractivity (Wildman–Crippen MR) is 80.0 cm³/mol. The molecule has 0 amide bonds. The molecule has 0 saturated carbocycles. The van der Waals surface area contributed by atoms with E-state index in [0.717, 1.165) is 31.7 Å². The SMILES string of the molecule is C=CCCC(=O)OC1CCN(c2ccc(Cl)cn2)CC1. The maximum absolute atomic E-state index is 11.5. The fourth-order valence-electron chi connectivity index (χ4n) is 2.22. The number of rotatable bonds is 5. The minimum atomic E-state index is -0.132. The van der Waals surface area contributed by atoms with Gasteiger partial charge in [0.25, 0.3) is 0 Å². The molecule has 2 heterocycles. The number of piperidine rings is 1. The second-order valence-corrected chi connectivity index (χ2v) is 5.27. The van der Waals surface area contributed by atoms with Crippen LogP contribution in [0.4, 0.5) is 5.82 Å². The van der Waals surface area contributed by atoms with Gasteiger partial charge in [0, 0.05) is 38.5 Å². The standard InChI is InChI=1S/C15H19ClN2O2/c1-2-3-4-15(19)20-13-7-9-18(10-8-13)14-6-5-12(16)11-17-14/h2,5-6,11,13H,1,3-4,7-10H2. The summed E-state index contributed by atoms with van der Waals surface area (Å²) in [6, 6.07) is 3.75. The summed E-state index contributed by atoms with van der Waals surface area (Å²) in [5.41, 5.74) is 0. The average molecular weight is 295 g/mol. The third-order valence-electron chi connectivity index (χ3n) is 3.33. The van der Waals surface area contributed by atoms with Gasteiger partial charge >= 0.3 is 5.97 Å². The molecule has 0 aliphatic carbocycles. The van der Waals surface area contributed by atoms with Crippen molar-refractivity contribution in [3.8, 4) is 0 Å². The van der Waals surface area contributed by atoms with Gasteiger partial charge in [0.1, 0.15) is 11.9 Å². The van der Waals surface area contributed by atoms with Gasteiger partial charge in [0.2, 0.25) is 0 Å². The van der Waals surface area contributed by atoms with E-state index < -0.39 is 0 Å². The molecular formula is C15H19ClN2O2. The third-order valence-corrected chi connectivity index (χ3v) is 3.55. The third kappa shape index (κ3) is 4.23. The van der Waals surface area contributed by atoms with Crippen LogP contribution in [-0.2, 0) is 9.53 Å². The number of hydrogen-bond acceptors (Lipinski definition) is 4. The minimum absolute atomic E-state index is 0.0239. The number of pyridine rings is 1. The van der Waals surface area contributed by atoms with E-state index in [1.807, 2.05) is 12.1 Å². The molecule has 5 heteroatoms. The maximum Gasteiger partial charge on any atom is 0.306 e. The first kappa shape index (κ1) is 14.9. The van der Waals surface area contributed by atoms with Crippen molar-refractivity contribution >= 4 is 23.4 Å². The summed E-state index contributed by atoms with van der Waals surface area (Å²) in [6.07, 6.45) is 6.17. The van der Waals surface area contributed by atoms with Crippen LogP contribution in [0.3, 0.4) is 0 Å². The minimum Gasteiger partial charge on any atom is -0.462 e. The molecule has 1 aliphatic heterocycles.